The molecule has 0 atom stereocenters. The summed E-state index contributed by atoms with van der Waals surface area (Å²) in [5.74, 6) is -1.62. The van der Waals surface area contributed by atoms with E-state index < -0.39 is 11.8 Å². The molecule has 0 aliphatic carbocycles. The van der Waals surface area contributed by atoms with Gasteiger partial charge >= 0.3 is 5.97 Å². The monoisotopic (exact) mass is 346 g/mol. The van der Waals surface area contributed by atoms with Crippen LogP contribution in [0, 0.1) is 12.7 Å². The zero-order chi connectivity index (χ0) is 17.3. The second-order valence-electron chi connectivity index (χ2n) is 5.22. The van der Waals surface area contributed by atoms with Crippen molar-refractivity contribution in [2.75, 3.05) is 0 Å². The summed E-state index contributed by atoms with van der Waals surface area (Å²) in [7, 11) is 0. The average molecular weight is 347 g/mol. The van der Waals surface area contributed by atoms with Crippen LogP contribution in [0.5, 0.6) is 0 Å². The van der Waals surface area contributed by atoms with Gasteiger partial charge in [-0.15, -0.1) is 0 Å². The third-order valence-corrected chi connectivity index (χ3v) is 3.60. The Labute approximate surface area is 141 Å². The van der Waals surface area contributed by atoms with Crippen LogP contribution < -0.4 is 5.56 Å². The summed E-state index contributed by atoms with van der Waals surface area (Å²) in [5, 5.41) is 0.184. The molecule has 122 valence electrons. The number of aryl methyl sites for hydroxylation is 1. The van der Waals surface area contributed by atoms with Crippen LogP contribution in [0.25, 0.3) is 5.65 Å². The molecule has 3 rings (SSSR count). The summed E-state index contributed by atoms with van der Waals surface area (Å²) in [6.45, 7) is 1.63. The van der Waals surface area contributed by atoms with Gasteiger partial charge in [-0.25, -0.2) is 14.2 Å². The molecule has 5 nitrogen and oxygen atoms in total. The van der Waals surface area contributed by atoms with E-state index in [9.17, 15) is 14.0 Å². The molecule has 0 amide bonds. The highest BCUT2D eigenvalue weighted by molar-refractivity contribution is 6.30. The Bertz CT molecular complexity index is 1000. The molecule has 2 aromatic heterocycles. The van der Waals surface area contributed by atoms with Crippen molar-refractivity contribution in [2.45, 2.75) is 13.5 Å². The molecule has 0 N–H and O–H groups in total. The summed E-state index contributed by atoms with van der Waals surface area (Å²) >= 11 is 5.64. The van der Waals surface area contributed by atoms with Gasteiger partial charge in [-0.05, 0) is 36.8 Å². The molecular weight excluding hydrogens is 335 g/mol. The maximum atomic E-state index is 13.7. The number of halogens is 2. The summed E-state index contributed by atoms with van der Waals surface area (Å²) in [5.41, 5.74) is 1.13. The van der Waals surface area contributed by atoms with Crippen LogP contribution in [0.15, 0.2) is 47.4 Å². The van der Waals surface area contributed by atoms with Crippen LogP contribution in [-0.4, -0.2) is 15.4 Å². The third-order valence-electron chi connectivity index (χ3n) is 3.36. The predicted octanol–water partition coefficient (Wildman–Crippen LogP) is 3.15. The van der Waals surface area contributed by atoms with Gasteiger partial charge in [0, 0.05) is 17.3 Å². The number of carbonyl (C=O) groups excluding carboxylic acids is 1. The quantitative estimate of drug-likeness (QED) is 0.683. The molecule has 3 aromatic rings. The molecule has 0 bridgehead atoms. The van der Waals surface area contributed by atoms with E-state index in [1.54, 1.807) is 12.3 Å². The van der Waals surface area contributed by atoms with E-state index in [0.29, 0.717) is 5.65 Å². The van der Waals surface area contributed by atoms with Gasteiger partial charge < -0.3 is 4.74 Å². The Hall–Kier alpha value is -2.73. The molecule has 0 aliphatic heterocycles. The first-order valence-corrected chi connectivity index (χ1v) is 7.43. The second kappa shape index (κ2) is 6.41. The number of hydrogen-bond acceptors (Lipinski definition) is 4. The lowest BCUT2D eigenvalue weighted by molar-refractivity contribution is 0.0462. The average Bonchev–Trinajstić information content (AvgIpc) is 2.53. The number of benzene rings is 1. The highest BCUT2D eigenvalue weighted by atomic mass is 35.5. The molecule has 0 fully saturated rings. The van der Waals surface area contributed by atoms with Gasteiger partial charge in [-0.2, -0.15) is 0 Å². The fourth-order valence-electron chi connectivity index (χ4n) is 2.20. The largest absolute Gasteiger partial charge is 0.455 e. The zero-order valence-electron chi connectivity index (χ0n) is 12.6. The zero-order valence-corrected chi connectivity index (χ0v) is 13.4. The van der Waals surface area contributed by atoms with Crippen LogP contribution in [0.2, 0.25) is 5.02 Å². The molecule has 0 radical (unpaired) electrons. The van der Waals surface area contributed by atoms with E-state index >= 15 is 0 Å². The molecule has 0 spiro atoms. The van der Waals surface area contributed by atoms with Gasteiger partial charge in [-0.1, -0.05) is 17.7 Å². The maximum Gasteiger partial charge on any atom is 0.341 e. The lowest BCUT2D eigenvalue weighted by atomic mass is 10.2. The van der Waals surface area contributed by atoms with Gasteiger partial charge in [0.05, 0.1) is 11.3 Å². The van der Waals surface area contributed by atoms with E-state index in [1.807, 2.05) is 13.0 Å². The summed E-state index contributed by atoms with van der Waals surface area (Å²) < 4.78 is 20.1. The Balaban J connectivity index is 1.81. The molecule has 0 saturated carbocycles. The predicted molar refractivity (Wildman–Crippen MR) is 86.7 cm³/mol. The molecule has 7 heteroatoms. The minimum atomic E-state index is -0.852. The fourth-order valence-corrected chi connectivity index (χ4v) is 2.36. The van der Waals surface area contributed by atoms with Crippen LogP contribution in [0.4, 0.5) is 4.39 Å². The van der Waals surface area contributed by atoms with Crippen molar-refractivity contribution in [2.24, 2.45) is 0 Å². The summed E-state index contributed by atoms with van der Waals surface area (Å²) in [6, 6.07) is 8.45. The summed E-state index contributed by atoms with van der Waals surface area (Å²) in [4.78, 5) is 28.2. The number of aromatic nitrogens is 2. The number of rotatable bonds is 3. The number of pyridine rings is 1. The second-order valence-corrected chi connectivity index (χ2v) is 5.66. The minimum absolute atomic E-state index is 0.184. The molecular formula is C17H12ClFN2O3. The van der Waals surface area contributed by atoms with E-state index in [2.05, 4.69) is 4.98 Å². The SMILES string of the molecule is Cc1ccc2nc(COC(=O)c3ccc(Cl)cc3F)cc(=O)n2c1. The highest BCUT2D eigenvalue weighted by Gasteiger charge is 2.14. The lowest BCUT2D eigenvalue weighted by Crippen LogP contribution is -2.17. The Morgan fingerprint density at radius 1 is 1.29 bits per heavy atom. The molecule has 1 aromatic carbocycles. The van der Waals surface area contributed by atoms with Crippen LogP contribution in [0.3, 0.4) is 0 Å². The van der Waals surface area contributed by atoms with Crippen molar-refractivity contribution < 1.29 is 13.9 Å². The maximum absolute atomic E-state index is 13.7. The number of ether oxygens (including phenoxy) is 1. The fraction of sp³-hybridized carbons (Fsp3) is 0.118. The molecule has 2 heterocycles. The molecule has 0 saturated heterocycles. The summed E-state index contributed by atoms with van der Waals surface area (Å²) in [6.07, 6.45) is 1.67. The molecule has 0 aliphatic rings. The topological polar surface area (TPSA) is 60.7 Å². The Kier molecular flexibility index (Phi) is 4.31. The standard InChI is InChI=1S/C17H12ClFN2O3/c1-10-2-5-15-20-12(7-16(22)21(15)8-10)9-24-17(23)13-4-3-11(18)6-14(13)19/h2-8H,9H2,1H3. The minimum Gasteiger partial charge on any atom is -0.455 e. The van der Waals surface area contributed by atoms with Crippen LogP contribution in [-0.2, 0) is 11.3 Å². The number of carbonyl (C=O) groups is 1. The van der Waals surface area contributed by atoms with E-state index in [0.717, 1.165) is 11.6 Å². The van der Waals surface area contributed by atoms with Gasteiger partial charge in [-0.3, -0.25) is 9.20 Å². The normalized spacial score (nSPS) is 10.8. The first-order chi connectivity index (χ1) is 11.4. The first-order valence-electron chi connectivity index (χ1n) is 7.05. The van der Waals surface area contributed by atoms with Gasteiger partial charge in [0.1, 0.15) is 18.1 Å². The number of esters is 1. The van der Waals surface area contributed by atoms with Crippen LogP contribution in [0.1, 0.15) is 21.6 Å². The number of nitrogens with zero attached hydrogens (tertiary/aromatic N) is 2. The van der Waals surface area contributed by atoms with Crippen LogP contribution >= 0.6 is 11.6 Å². The van der Waals surface area contributed by atoms with Crippen molar-refractivity contribution in [1.29, 1.82) is 0 Å². The number of hydrogen-bond donors (Lipinski definition) is 0. The smallest absolute Gasteiger partial charge is 0.341 e. The van der Waals surface area contributed by atoms with E-state index in [1.165, 1.54) is 22.6 Å². The lowest BCUT2D eigenvalue weighted by Gasteiger charge is -2.07. The van der Waals surface area contributed by atoms with Crippen molar-refractivity contribution in [3.05, 3.63) is 80.6 Å². The Morgan fingerprint density at radius 2 is 2.08 bits per heavy atom. The third kappa shape index (κ3) is 3.28. The number of fused-ring (bicyclic) bond motifs is 1. The van der Waals surface area contributed by atoms with E-state index in [-0.39, 0.29) is 28.4 Å². The van der Waals surface area contributed by atoms with Crippen molar-refractivity contribution >= 4 is 23.2 Å². The van der Waals surface area contributed by atoms with Gasteiger partial charge in [0.2, 0.25) is 0 Å². The highest BCUT2D eigenvalue weighted by Crippen LogP contribution is 2.16. The molecule has 0 unspecified atom stereocenters. The van der Waals surface area contributed by atoms with Gasteiger partial charge in [0.15, 0.2) is 0 Å². The first kappa shape index (κ1) is 16.1. The van der Waals surface area contributed by atoms with Gasteiger partial charge in [0.25, 0.3) is 5.56 Å². The molecule has 24 heavy (non-hydrogen) atoms. The Morgan fingerprint density at radius 3 is 2.83 bits per heavy atom. The van der Waals surface area contributed by atoms with E-state index in [4.69, 9.17) is 16.3 Å². The van der Waals surface area contributed by atoms with Crippen molar-refractivity contribution in [3.63, 3.8) is 0 Å². The van der Waals surface area contributed by atoms with Crippen molar-refractivity contribution in [3.8, 4) is 0 Å². The van der Waals surface area contributed by atoms with Crippen molar-refractivity contribution in [1.82, 2.24) is 9.38 Å².